The minimum absolute atomic E-state index is 0.106. The highest BCUT2D eigenvalue weighted by Crippen LogP contribution is 2.23. The molecule has 66 valence electrons. The van der Waals surface area contributed by atoms with Crippen LogP contribution in [-0.2, 0) is 0 Å². The molecule has 0 spiro atoms. The Balaban J connectivity index is 2.89. The largest absolute Gasteiger partial charge is 0.594 e. The maximum Gasteiger partial charge on any atom is 0.255 e. The van der Waals surface area contributed by atoms with Gasteiger partial charge in [0.2, 0.25) is 0 Å². The van der Waals surface area contributed by atoms with Gasteiger partial charge >= 0.3 is 0 Å². The van der Waals surface area contributed by atoms with Gasteiger partial charge in [0.05, 0.1) is 23.3 Å². The van der Waals surface area contributed by atoms with Gasteiger partial charge < -0.3 is 16.0 Å². The van der Waals surface area contributed by atoms with Crippen LogP contribution in [0.15, 0.2) is 24.4 Å². The molecule has 0 aliphatic rings. The molecule has 0 atom stereocenters. The van der Waals surface area contributed by atoms with Crippen molar-refractivity contribution in [1.82, 2.24) is 5.10 Å². The Hall–Kier alpha value is -2.04. The zero-order chi connectivity index (χ0) is 9.42. The molecule has 0 radical (unpaired) electrons. The smallest absolute Gasteiger partial charge is 0.255 e. The van der Waals surface area contributed by atoms with E-state index in [1.807, 2.05) is 0 Å². The van der Waals surface area contributed by atoms with Gasteiger partial charge in [-0.1, -0.05) is 0 Å². The zero-order valence-corrected chi connectivity index (χ0v) is 6.64. The van der Waals surface area contributed by atoms with E-state index in [1.165, 1.54) is 18.3 Å². The van der Waals surface area contributed by atoms with E-state index in [0.29, 0.717) is 15.7 Å². The number of nitrogens with zero attached hydrogens (tertiary/aromatic N) is 2. The van der Waals surface area contributed by atoms with Gasteiger partial charge in [-0.2, -0.15) is 0 Å². The number of aromatic hydroxyl groups is 1. The number of hydrogen-bond donors (Lipinski definition) is 2. The highest BCUT2D eigenvalue weighted by Gasteiger charge is 2.07. The van der Waals surface area contributed by atoms with Crippen molar-refractivity contribution in [3.05, 3.63) is 29.6 Å². The molecule has 0 saturated heterocycles. The predicted octanol–water partition coefficient (Wildman–Crippen LogP) is 0.156. The van der Waals surface area contributed by atoms with Crippen LogP contribution < -0.4 is 10.6 Å². The Morgan fingerprint density at radius 1 is 1.46 bits per heavy atom. The number of nitrogens with two attached hydrogens (primary N) is 1. The van der Waals surface area contributed by atoms with Gasteiger partial charge in [-0.25, -0.2) is 0 Å². The monoisotopic (exact) mass is 177 g/mol. The van der Waals surface area contributed by atoms with E-state index in [0.717, 1.165) is 0 Å². The molecule has 5 nitrogen and oxygen atoms in total. The fourth-order valence-electron chi connectivity index (χ4n) is 1.15. The van der Waals surface area contributed by atoms with Gasteiger partial charge in [0.15, 0.2) is 0 Å². The summed E-state index contributed by atoms with van der Waals surface area (Å²) in [5.41, 5.74) is 6.00. The van der Waals surface area contributed by atoms with Crippen LogP contribution in [0.5, 0.6) is 5.75 Å². The molecule has 2 rings (SSSR count). The lowest BCUT2D eigenvalue weighted by molar-refractivity contribution is -0.642. The van der Waals surface area contributed by atoms with Crippen LogP contribution in [0.2, 0.25) is 0 Å². The standard InChI is InChI=1S/C8H7N3O2/c9-6-3-5-1-2-10-11(13)7(5)4-8(6)12/h1-4,12H,9H2. The number of aromatic nitrogens is 2. The van der Waals surface area contributed by atoms with Gasteiger partial charge in [0.1, 0.15) is 5.75 Å². The number of hydrogen-bond acceptors (Lipinski definition) is 4. The molecular formula is C8H7N3O2. The van der Waals surface area contributed by atoms with Crippen molar-refractivity contribution in [2.24, 2.45) is 0 Å². The normalized spacial score (nSPS) is 10.5. The SMILES string of the molecule is Nc1cc2ccn[n+]([O-])c2cc1O. The molecule has 0 fully saturated rings. The van der Waals surface area contributed by atoms with Crippen molar-refractivity contribution >= 4 is 16.6 Å². The summed E-state index contributed by atoms with van der Waals surface area (Å²) in [6.07, 6.45) is 1.38. The summed E-state index contributed by atoms with van der Waals surface area (Å²) in [5, 5.41) is 24.5. The van der Waals surface area contributed by atoms with E-state index in [-0.39, 0.29) is 11.4 Å². The van der Waals surface area contributed by atoms with E-state index < -0.39 is 0 Å². The molecule has 3 N–H and O–H groups in total. The minimum atomic E-state index is -0.106. The Morgan fingerprint density at radius 2 is 2.23 bits per heavy atom. The van der Waals surface area contributed by atoms with Crippen molar-refractivity contribution in [2.45, 2.75) is 0 Å². The first kappa shape index (κ1) is 7.60. The molecular weight excluding hydrogens is 170 g/mol. The highest BCUT2D eigenvalue weighted by atomic mass is 16.5. The van der Waals surface area contributed by atoms with Crippen LogP contribution in [0.1, 0.15) is 0 Å². The Kier molecular flexibility index (Phi) is 1.45. The highest BCUT2D eigenvalue weighted by molar-refractivity contribution is 5.82. The summed E-state index contributed by atoms with van der Waals surface area (Å²) in [7, 11) is 0. The lowest BCUT2D eigenvalue weighted by Gasteiger charge is -2.01. The number of phenols is 1. The summed E-state index contributed by atoms with van der Waals surface area (Å²) in [6, 6.07) is 4.48. The van der Waals surface area contributed by atoms with Gasteiger partial charge in [0, 0.05) is 5.10 Å². The molecule has 13 heavy (non-hydrogen) atoms. The van der Waals surface area contributed by atoms with Crippen LogP contribution in [0.4, 0.5) is 5.69 Å². The first-order valence-electron chi connectivity index (χ1n) is 3.65. The molecule has 1 aromatic carbocycles. The molecule has 0 bridgehead atoms. The molecule has 0 unspecified atom stereocenters. The molecule has 1 heterocycles. The molecule has 0 saturated carbocycles. The molecule has 5 heteroatoms. The van der Waals surface area contributed by atoms with Crippen molar-refractivity contribution in [2.75, 3.05) is 5.73 Å². The summed E-state index contributed by atoms with van der Waals surface area (Å²) >= 11 is 0. The Bertz CT molecular complexity index is 470. The third-order valence-corrected chi connectivity index (χ3v) is 1.81. The van der Waals surface area contributed by atoms with Crippen LogP contribution in [0, 0.1) is 5.21 Å². The number of fused-ring (bicyclic) bond motifs is 1. The van der Waals surface area contributed by atoms with Crippen molar-refractivity contribution in [3.63, 3.8) is 0 Å². The number of rotatable bonds is 0. The topological polar surface area (TPSA) is 86.1 Å². The second-order valence-electron chi connectivity index (χ2n) is 2.67. The zero-order valence-electron chi connectivity index (χ0n) is 6.64. The van der Waals surface area contributed by atoms with Gasteiger partial charge in [-0.05, 0) is 17.0 Å². The maximum absolute atomic E-state index is 11.1. The maximum atomic E-state index is 11.1. The fourth-order valence-corrected chi connectivity index (χ4v) is 1.15. The number of phenolic OH excluding ortho intramolecular Hbond substituents is 1. The third-order valence-electron chi connectivity index (χ3n) is 1.81. The van der Waals surface area contributed by atoms with Crippen molar-refractivity contribution in [1.29, 1.82) is 0 Å². The van der Waals surface area contributed by atoms with E-state index in [9.17, 15) is 10.3 Å². The van der Waals surface area contributed by atoms with Crippen LogP contribution in [0.3, 0.4) is 0 Å². The number of anilines is 1. The Labute approximate surface area is 73.6 Å². The molecule has 0 amide bonds. The summed E-state index contributed by atoms with van der Waals surface area (Å²) in [4.78, 5) is 0.439. The van der Waals surface area contributed by atoms with E-state index in [1.54, 1.807) is 6.07 Å². The lowest BCUT2D eigenvalue weighted by Crippen LogP contribution is -2.31. The molecule has 2 aromatic rings. The van der Waals surface area contributed by atoms with Crippen molar-refractivity contribution in [3.8, 4) is 5.75 Å². The van der Waals surface area contributed by atoms with Gasteiger partial charge in [-0.15, -0.1) is 0 Å². The van der Waals surface area contributed by atoms with Crippen LogP contribution >= 0.6 is 0 Å². The van der Waals surface area contributed by atoms with E-state index in [2.05, 4.69) is 5.10 Å². The number of nitrogen functional groups attached to an aromatic ring is 1. The third kappa shape index (κ3) is 1.10. The average Bonchev–Trinajstić information content (AvgIpc) is 2.09. The second-order valence-corrected chi connectivity index (χ2v) is 2.67. The Morgan fingerprint density at radius 3 is 3.00 bits per heavy atom. The second kappa shape index (κ2) is 2.48. The van der Waals surface area contributed by atoms with E-state index in [4.69, 9.17) is 5.73 Å². The van der Waals surface area contributed by atoms with E-state index >= 15 is 0 Å². The summed E-state index contributed by atoms with van der Waals surface area (Å²) < 4.78 is 0. The molecule has 0 aliphatic heterocycles. The summed E-state index contributed by atoms with van der Waals surface area (Å²) in [5.74, 6) is -0.106. The summed E-state index contributed by atoms with van der Waals surface area (Å²) in [6.45, 7) is 0. The van der Waals surface area contributed by atoms with Crippen LogP contribution in [0.25, 0.3) is 10.9 Å². The lowest BCUT2D eigenvalue weighted by atomic mass is 10.2. The first-order chi connectivity index (χ1) is 6.18. The predicted molar refractivity (Wildman–Crippen MR) is 46.8 cm³/mol. The van der Waals surface area contributed by atoms with Crippen LogP contribution in [-0.4, -0.2) is 10.2 Å². The average molecular weight is 177 g/mol. The fraction of sp³-hybridized carbons (Fsp3) is 0. The minimum Gasteiger partial charge on any atom is -0.594 e. The van der Waals surface area contributed by atoms with Crippen molar-refractivity contribution < 1.29 is 9.95 Å². The van der Waals surface area contributed by atoms with Gasteiger partial charge in [-0.3, -0.25) is 0 Å². The first-order valence-corrected chi connectivity index (χ1v) is 3.65. The number of benzene rings is 1. The molecule has 0 aliphatic carbocycles. The molecule has 1 aromatic heterocycles. The van der Waals surface area contributed by atoms with Gasteiger partial charge in [0.25, 0.3) is 5.52 Å². The quantitative estimate of drug-likeness (QED) is 0.259.